The summed E-state index contributed by atoms with van der Waals surface area (Å²) in [5.74, 6) is 1.35. The molecular weight excluding hydrogens is 442 g/mol. The van der Waals surface area contributed by atoms with Gasteiger partial charge in [-0.15, -0.1) is 0 Å². The summed E-state index contributed by atoms with van der Waals surface area (Å²) in [6, 6.07) is 15.1. The number of carbonyl (C=O) groups excluding carboxylic acids is 1. The van der Waals surface area contributed by atoms with Crippen molar-refractivity contribution in [3.05, 3.63) is 59.7 Å². The Labute approximate surface area is 210 Å². The molecule has 3 rings (SSSR count). The van der Waals surface area contributed by atoms with Crippen molar-refractivity contribution in [3.63, 3.8) is 0 Å². The number of piperidine rings is 1. The van der Waals surface area contributed by atoms with Crippen LogP contribution in [-0.4, -0.2) is 48.0 Å². The third-order valence-corrected chi connectivity index (χ3v) is 6.51. The second-order valence-corrected chi connectivity index (χ2v) is 10.4. The first kappa shape index (κ1) is 27.0. The minimum absolute atomic E-state index is 0.380. The maximum absolute atomic E-state index is 13.2. The van der Waals surface area contributed by atoms with Crippen LogP contribution in [0.4, 0.5) is 4.79 Å². The summed E-state index contributed by atoms with van der Waals surface area (Å²) in [6.45, 7) is 8.78. The molecule has 1 amide bonds. The minimum atomic E-state index is -1.30. The van der Waals surface area contributed by atoms with Crippen LogP contribution in [0.15, 0.2) is 48.5 Å². The second kappa shape index (κ2) is 11.9. The number of aryl methyl sites for hydroxylation is 1. The third kappa shape index (κ3) is 6.98. The van der Waals surface area contributed by atoms with Gasteiger partial charge in [-0.2, -0.15) is 0 Å². The number of benzene rings is 2. The molecule has 0 aliphatic carbocycles. The van der Waals surface area contributed by atoms with Gasteiger partial charge in [-0.1, -0.05) is 36.4 Å². The summed E-state index contributed by atoms with van der Waals surface area (Å²) in [4.78, 5) is 15.0. The van der Waals surface area contributed by atoms with Gasteiger partial charge in [0, 0.05) is 25.8 Å². The molecule has 192 valence electrons. The zero-order valence-corrected chi connectivity index (χ0v) is 21.9. The fraction of sp³-hybridized carbons (Fsp3) is 0.552. The van der Waals surface area contributed by atoms with Crippen LogP contribution < -0.4 is 4.74 Å². The van der Waals surface area contributed by atoms with E-state index in [2.05, 4.69) is 0 Å². The van der Waals surface area contributed by atoms with E-state index in [0.29, 0.717) is 37.3 Å². The maximum atomic E-state index is 13.2. The molecule has 2 aromatic carbocycles. The van der Waals surface area contributed by atoms with Gasteiger partial charge >= 0.3 is 6.09 Å². The van der Waals surface area contributed by atoms with Crippen LogP contribution in [0.2, 0.25) is 0 Å². The lowest BCUT2D eigenvalue weighted by atomic mass is 9.77. The number of amides is 1. The highest BCUT2D eigenvalue weighted by atomic mass is 16.6. The van der Waals surface area contributed by atoms with E-state index in [-0.39, 0.29) is 6.09 Å². The Morgan fingerprint density at radius 3 is 2.40 bits per heavy atom. The van der Waals surface area contributed by atoms with Gasteiger partial charge in [0.25, 0.3) is 0 Å². The number of rotatable bonds is 9. The number of aliphatic hydroxyl groups is 1. The molecule has 1 N–H and O–H groups in total. The Morgan fingerprint density at radius 2 is 1.71 bits per heavy atom. The van der Waals surface area contributed by atoms with Crippen molar-refractivity contribution >= 4 is 6.09 Å². The van der Waals surface area contributed by atoms with Crippen molar-refractivity contribution in [1.82, 2.24) is 4.90 Å². The fourth-order valence-corrected chi connectivity index (χ4v) is 4.79. The van der Waals surface area contributed by atoms with Crippen LogP contribution in [-0.2, 0) is 15.1 Å². The second-order valence-electron chi connectivity index (χ2n) is 10.4. The molecule has 0 saturated carbocycles. The van der Waals surface area contributed by atoms with E-state index < -0.39 is 17.2 Å². The van der Waals surface area contributed by atoms with Gasteiger partial charge in [0.05, 0.1) is 6.04 Å². The summed E-state index contributed by atoms with van der Waals surface area (Å²) < 4.78 is 17.4. The van der Waals surface area contributed by atoms with Crippen LogP contribution in [0.1, 0.15) is 70.4 Å². The standard InChI is InChI=1S/C29H41NO5/c1-22-14-6-8-16-24(22)34-25-17-9-7-15-23(25)29(32,19-11-13-21-33-5)26-18-10-12-20-30(26)27(31)35-28(2,3)4/h6-9,14-17,26,32H,10-13,18-21H2,1-5H3/t26-,29+/m1/s1. The Hall–Kier alpha value is -2.57. The molecule has 0 spiro atoms. The van der Waals surface area contributed by atoms with Gasteiger partial charge in [-0.25, -0.2) is 4.79 Å². The van der Waals surface area contributed by atoms with Gasteiger partial charge in [0.2, 0.25) is 0 Å². The van der Waals surface area contributed by atoms with Gasteiger partial charge < -0.3 is 24.2 Å². The van der Waals surface area contributed by atoms with Crippen molar-refractivity contribution in [3.8, 4) is 11.5 Å². The Bertz CT molecular complexity index is 970. The average molecular weight is 484 g/mol. The fourth-order valence-electron chi connectivity index (χ4n) is 4.79. The molecule has 1 aliphatic rings. The first-order valence-electron chi connectivity index (χ1n) is 12.7. The molecule has 0 aromatic heterocycles. The molecule has 0 radical (unpaired) electrons. The van der Waals surface area contributed by atoms with Crippen LogP contribution in [0.3, 0.4) is 0 Å². The molecule has 0 bridgehead atoms. The van der Waals surface area contributed by atoms with Gasteiger partial charge in [-0.3, -0.25) is 0 Å². The summed E-state index contributed by atoms with van der Waals surface area (Å²) in [5, 5.41) is 12.5. The average Bonchev–Trinajstić information content (AvgIpc) is 2.82. The lowest BCUT2D eigenvalue weighted by molar-refractivity contribution is -0.0801. The SMILES string of the molecule is COCCCC[C@](O)(c1ccccc1Oc1ccccc1C)[C@H]1CCCCN1C(=O)OC(C)(C)C. The summed E-state index contributed by atoms with van der Waals surface area (Å²) in [7, 11) is 1.68. The third-order valence-electron chi connectivity index (χ3n) is 6.51. The van der Waals surface area contributed by atoms with Crippen LogP contribution in [0.5, 0.6) is 11.5 Å². The number of nitrogens with zero attached hydrogens (tertiary/aromatic N) is 1. The van der Waals surface area contributed by atoms with E-state index in [0.717, 1.165) is 37.0 Å². The molecule has 1 heterocycles. The number of carbonyl (C=O) groups is 1. The first-order valence-corrected chi connectivity index (χ1v) is 12.7. The normalized spacial score (nSPS) is 18.1. The van der Waals surface area contributed by atoms with E-state index in [9.17, 15) is 9.90 Å². The van der Waals surface area contributed by atoms with Crippen molar-refractivity contribution in [2.75, 3.05) is 20.3 Å². The van der Waals surface area contributed by atoms with Crippen molar-refractivity contribution in [1.29, 1.82) is 0 Å². The summed E-state index contributed by atoms with van der Waals surface area (Å²) in [5.41, 5.74) is -0.202. The van der Waals surface area contributed by atoms with Crippen molar-refractivity contribution in [2.24, 2.45) is 0 Å². The predicted octanol–water partition coefficient (Wildman–Crippen LogP) is 6.58. The van der Waals surface area contributed by atoms with Gasteiger partial charge in [0.1, 0.15) is 22.7 Å². The first-order chi connectivity index (χ1) is 16.7. The number of ether oxygens (including phenoxy) is 3. The van der Waals surface area contributed by atoms with Crippen LogP contribution >= 0.6 is 0 Å². The molecule has 0 unspecified atom stereocenters. The number of para-hydroxylation sites is 2. The molecule has 1 fully saturated rings. The predicted molar refractivity (Wildman–Crippen MR) is 138 cm³/mol. The van der Waals surface area contributed by atoms with E-state index in [1.165, 1.54) is 0 Å². The summed E-state index contributed by atoms with van der Waals surface area (Å²) in [6.07, 6.45) is 4.19. The smallest absolute Gasteiger partial charge is 0.410 e. The number of methoxy groups -OCH3 is 1. The Morgan fingerprint density at radius 1 is 1.03 bits per heavy atom. The topological polar surface area (TPSA) is 68.2 Å². The van der Waals surface area contributed by atoms with E-state index in [1.54, 1.807) is 12.0 Å². The highest BCUT2D eigenvalue weighted by molar-refractivity contribution is 5.69. The van der Waals surface area contributed by atoms with E-state index in [1.807, 2.05) is 76.2 Å². The molecule has 2 atom stereocenters. The maximum Gasteiger partial charge on any atom is 0.410 e. The van der Waals surface area contributed by atoms with Gasteiger partial charge in [-0.05, 0) is 83.9 Å². The molecule has 6 heteroatoms. The number of hydrogen-bond donors (Lipinski definition) is 1. The molecule has 2 aromatic rings. The summed E-state index contributed by atoms with van der Waals surface area (Å²) >= 11 is 0. The minimum Gasteiger partial charge on any atom is -0.457 e. The highest BCUT2D eigenvalue weighted by Gasteiger charge is 2.46. The zero-order valence-electron chi connectivity index (χ0n) is 21.9. The van der Waals surface area contributed by atoms with Gasteiger partial charge in [0.15, 0.2) is 0 Å². The molecule has 1 aliphatic heterocycles. The quantitative estimate of drug-likeness (QED) is 0.408. The Balaban J connectivity index is 2.02. The largest absolute Gasteiger partial charge is 0.457 e. The Kier molecular flexibility index (Phi) is 9.20. The molecular formula is C29H41NO5. The lowest BCUT2D eigenvalue weighted by Gasteiger charge is -2.46. The molecule has 35 heavy (non-hydrogen) atoms. The molecule has 1 saturated heterocycles. The van der Waals surface area contributed by atoms with Crippen molar-refractivity contribution < 1.29 is 24.1 Å². The van der Waals surface area contributed by atoms with E-state index in [4.69, 9.17) is 14.2 Å². The van der Waals surface area contributed by atoms with E-state index >= 15 is 0 Å². The number of likely N-dealkylation sites (tertiary alicyclic amines) is 1. The zero-order chi connectivity index (χ0) is 25.5. The van der Waals surface area contributed by atoms with Crippen LogP contribution in [0.25, 0.3) is 0 Å². The number of hydrogen-bond acceptors (Lipinski definition) is 5. The highest BCUT2D eigenvalue weighted by Crippen LogP contribution is 2.43. The lowest BCUT2D eigenvalue weighted by Crippen LogP contribution is -2.56. The van der Waals surface area contributed by atoms with Crippen LogP contribution in [0, 0.1) is 6.92 Å². The monoisotopic (exact) mass is 483 g/mol. The van der Waals surface area contributed by atoms with Crippen molar-refractivity contribution in [2.45, 2.75) is 83.5 Å². The molecule has 6 nitrogen and oxygen atoms in total. The number of unbranched alkanes of at least 4 members (excludes halogenated alkanes) is 1.